The molecule has 3 N–H and O–H groups in total. The Kier molecular flexibility index (Phi) is 9.55. The summed E-state index contributed by atoms with van der Waals surface area (Å²) in [4.78, 5) is 4.59. The van der Waals surface area contributed by atoms with E-state index in [1.165, 1.54) is 19.3 Å². The zero-order valence-electron chi connectivity index (χ0n) is 14.2. The van der Waals surface area contributed by atoms with Gasteiger partial charge in [-0.3, -0.25) is 4.99 Å². The molecule has 0 bridgehead atoms. The highest BCUT2D eigenvalue weighted by Crippen LogP contribution is 2.34. The standard InChI is InChI=1S/C18H29N3O.HI/c1-3-8-15-13-16(15)21-18(19-4-2)20-12-11-17(22)14-9-6-5-7-10-14;/h5-7,9-10,15-17,22H,3-4,8,11-13H2,1-2H3,(H2,19,20,21);1H. The number of hydrogen-bond acceptors (Lipinski definition) is 2. The summed E-state index contributed by atoms with van der Waals surface area (Å²) in [6, 6.07) is 10.4. The van der Waals surface area contributed by atoms with Crippen LogP contribution < -0.4 is 10.6 Å². The minimum Gasteiger partial charge on any atom is -0.388 e. The van der Waals surface area contributed by atoms with Crippen molar-refractivity contribution in [3.63, 3.8) is 0 Å². The Morgan fingerprint density at radius 2 is 2.04 bits per heavy atom. The van der Waals surface area contributed by atoms with Gasteiger partial charge in [-0.05, 0) is 37.7 Å². The first kappa shape index (κ1) is 20.2. The number of nitrogens with one attached hydrogen (secondary N) is 2. The molecule has 0 radical (unpaired) electrons. The van der Waals surface area contributed by atoms with Crippen LogP contribution in [0.4, 0.5) is 0 Å². The number of halogens is 1. The quantitative estimate of drug-likeness (QED) is 0.336. The summed E-state index contributed by atoms with van der Waals surface area (Å²) in [6.45, 7) is 5.79. The molecule has 0 aromatic heterocycles. The minimum atomic E-state index is -0.443. The van der Waals surface area contributed by atoms with Crippen LogP contribution in [0.25, 0.3) is 0 Å². The Balaban J connectivity index is 0.00000264. The third-order valence-corrected chi connectivity index (χ3v) is 4.11. The molecule has 1 fully saturated rings. The van der Waals surface area contributed by atoms with E-state index < -0.39 is 6.10 Å². The number of guanidine groups is 1. The van der Waals surface area contributed by atoms with Gasteiger partial charge in [-0.2, -0.15) is 0 Å². The van der Waals surface area contributed by atoms with Crippen molar-refractivity contribution >= 4 is 29.9 Å². The Labute approximate surface area is 157 Å². The first-order valence-corrected chi connectivity index (χ1v) is 8.52. The molecule has 1 aromatic rings. The van der Waals surface area contributed by atoms with E-state index in [2.05, 4.69) is 29.5 Å². The molecule has 1 saturated carbocycles. The lowest BCUT2D eigenvalue weighted by atomic mass is 10.1. The number of rotatable bonds is 8. The summed E-state index contributed by atoms with van der Waals surface area (Å²) < 4.78 is 0. The van der Waals surface area contributed by atoms with Crippen LogP contribution in [0.3, 0.4) is 0 Å². The molecule has 3 atom stereocenters. The highest BCUT2D eigenvalue weighted by atomic mass is 127. The molecule has 1 aliphatic rings. The van der Waals surface area contributed by atoms with Gasteiger partial charge in [0.15, 0.2) is 5.96 Å². The predicted molar refractivity (Wildman–Crippen MR) is 107 cm³/mol. The summed E-state index contributed by atoms with van der Waals surface area (Å²) in [7, 11) is 0. The van der Waals surface area contributed by atoms with E-state index in [4.69, 9.17) is 0 Å². The summed E-state index contributed by atoms with van der Waals surface area (Å²) in [5.74, 6) is 1.69. The molecule has 5 heteroatoms. The summed E-state index contributed by atoms with van der Waals surface area (Å²) in [6.07, 6.45) is 4.00. The number of aliphatic hydroxyl groups is 1. The number of hydrogen-bond donors (Lipinski definition) is 3. The lowest BCUT2D eigenvalue weighted by molar-refractivity contribution is 0.170. The zero-order chi connectivity index (χ0) is 15.8. The van der Waals surface area contributed by atoms with Gasteiger partial charge in [-0.15, -0.1) is 24.0 Å². The molecule has 0 aliphatic heterocycles. The fourth-order valence-corrected chi connectivity index (χ4v) is 2.75. The van der Waals surface area contributed by atoms with Gasteiger partial charge in [0.25, 0.3) is 0 Å². The van der Waals surface area contributed by atoms with Gasteiger partial charge in [0, 0.05) is 19.1 Å². The Bertz CT molecular complexity index is 467. The molecule has 0 heterocycles. The van der Waals surface area contributed by atoms with Gasteiger partial charge in [0.2, 0.25) is 0 Å². The molecule has 2 rings (SSSR count). The summed E-state index contributed by atoms with van der Waals surface area (Å²) >= 11 is 0. The first-order chi connectivity index (χ1) is 10.7. The van der Waals surface area contributed by atoms with Gasteiger partial charge in [0.05, 0.1) is 6.10 Å². The number of aliphatic imine (C=N–C) groups is 1. The molecular formula is C18H30IN3O. The third-order valence-electron chi connectivity index (χ3n) is 4.11. The van der Waals surface area contributed by atoms with Gasteiger partial charge in [0.1, 0.15) is 0 Å². The first-order valence-electron chi connectivity index (χ1n) is 8.52. The SMILES string of the molecule is CCCC1CC1NC(=NCCC(O)c1ccccc1)NCC.I. The molecular weight excluding hydrogens is 401 g/mol. The minimum absolute atomic E-state index is 0. The average Bonchev–Trinajstić information content (AvgIpc) is 3.26. The van der Waals surface area contributed by atoms with Crippen LogP contribution in [0.15, 0.2) is 35.3 Å². The topological polar surface area (TPSA) is 56.7 Å². The van der Waals surface area contributed by atoms with E-state index in [0.717, 1.165) is 24.0 Å². The van der Waals surface area contributed by atoms with Gasteiger partial charge < -0.3 is 15.7 Å². The predicted octanol–water partition coefficient (Wildman–Crippen LogP) is 3.47. The van der Waals surface area contributed by atoms with E-state index >= 15 is 0 Å². The smallest absolute Gasteiger partial charge is 0.191 e. The summed E-state index contributed by atoms with van der Waals surface area (Å²) in [5.41, 5.74) is 0.959. The lowest BCUT2D eigenvalue weighted by Crippen LogP contribution is -2.39. The van der Waals surface area contributed by atoms with Crippen LogP contribution in [0.5, 0.6) is 0 Å². The Morgan fingerprint density at radius 1 is 1.30 bits per heavy atom. The van der Waals surface area contributed by atoms with Crippen molar-refractivity contribution in [3.05, 3.63) is 35.9 Å². The Hall–Kier alpha value is -0.820. The fraction of sp³-hybridized carbons (Fsp3) is 0.611. The van der Waals surface area contributed by atoms with Crippen LogP contribution in [0.1, 0.15) is 51.2 Å². The molecule has 23 heavy (non-hydrogen) atoms. The second-order valence-corrected chi connectivity index (χ2v) is 6.01. The van der Waals surface area contributed by atoms with Crippen LogP contribution in [-0.2, 0) is 0 Å². The molecule has 3 unspecified atom stereocenters. The van der Waals surface area contributed by atoms with Crippen molar-refractivity contribution < 1.29 is 5.11 Å². The third kappa shape index (κ3) is 7.08. The van der Waals surface area contributed by atoms with Crippen molar-refractivity contribution in [2.75, 3.05) is 13.1 Å². The second kappa shape index (κ2) is 10.9. The zero-order valence-corrected chi connectivity index (χ0v) is 16.5. The van der Waals surface area contributed by atoms with E-state index in [1.807, 2.05) is 30.3 Å². The summed E-state index contributed by atoms with van der Waals surface area (Å²) in [5, 5.41) is 16.9. The van der Waals surface area contributed by atoms with Crippen molar-refractivity contribution in [3.8, 4) is 0 Å². The molecule has 4 nitrogen and oxygen atoms in total. The van der Waals surface area contributed by atoms with Crippen LogP contribution in [-0.4, -0.2) is 30.2 Å². The maximum Gasteiger partial charge on any atom is 0.191 e. The average molecular weight is 431 g/mol. The largest absolute Gasteiger partial charge is 0.388 e. The van der Waals surface area contributed by atoms with Crippen LogP contribution in [0.2, 0.25) is 0 Å². The molecule has 1 aliphatic carbocycles. The van der Waals surface area contributed by atoms with Gasteiger partial charge in [-0.1, -0.05) is 43.7 Å². The van der Waals surface area contributed by atoms with Crippen molar-refractivity contribution in [1.82, 2.24) is 10.6 Å². The maximum absolute atomic E-state index is 10.2. The number of nitrogens with zero attached hydrogens (tertiary/aromatic N) is 1. The maximum atomic E-state index is 10.2. The molecule has 130 valence electrons. The molecule has 0 saturated heterocycles. The number of aliphatic hydroxyl groups excluding tert-OH is 1. The number of benzene rings is 1. The van der Waals surface area contributed by atoms with Gasteiger partial charge >= 0.3 is 0 Å². The monoisotopic (exact) mass is 431 g/mol. The van der Waals surface area contributed by atoms with Crippen molar-refractivity contribution in [2.45, 2.75) is 51.7 Å². The second-order valence-electron chi connectivity index (χ2n) is 6.01. The Morgan fingerprint density at radius 3 is 2.70 bits per heavy atom. The molecule has 0 amide bonds. The van der Waals surface area contributed by atoms with E-state index in [9.17, 15) is 5.11 Å². The highest BCUT2D eigenvalue weighted by molar-refractivity contribution is 14.0. The lowest BCUT2D eigenvalue weighted by Gasteiger charge is -2.13. The fourth-order valence-electron chi connectivity index (χ4n) is 2.75. The van der Waals surface area contributed by atoms with E-state index in [0.29, 0.717) is 19.0 Å². The van der Waals surface area contributed by atoms with Crippen molar-refractivity contribution in [1.29, 1.82) is 0 Å². The van der Waals surface area contributed by atoms with E-state index in [1.54, 1.807) is 0 Å². The van der Waals surface area contributed by atoms with Crippen LogP contribution in [0, 0.1) is 5.92 Å². The van der Waals surface area contributed by atoms with Crippen LogP contribution >= 0.6 is 24.0 Å². The van der Waals surface area contributed by atoms with Crippen molar-refractivity contribution in [2.24, 2.45) is 10.9 Å². The van der Waals surface area contributed by atoms with E-state index in [-0.39, 0.29) is 24.0 Å². The molecule has 0 spiro atoms. The molecule has 1 aromatic carbocycles. The normalized spacial score (nSPS) is 21.3. The van der Waals surface area contributed by atoms with Gasteiger partial charge in [-0.25, -0.2) is 0 Å². The highest BCUT2D eigenvalue weighted by Gasteiger charge is 2.36.